The molecule has 19 heavy (non-hydrogen) atoms. The molecule has 0 radical (unpaired) electrons. The van der Waals surface area contributed by atoms with Crippen molar-refractivity contribution in [3.63, 3.8) is 0 Å². The number of rotatable bonds is 7. The summed E-state index contributed by atoms with van der Waals surface area (Å²) in [5.41, 5.74) is 1.21. The van der Waals surface area contributed by atoms with E-state index in [1.54, 1.807) is 14.2 Å². The third-order valence-corrected chi connectivity index (χ3v) is 3.46. The number of carbonyl (C=O) groups is 1. The highest BCUT2D eigenvalue weighted by Gasteiger charge is 2.32. The van der Waals surface area contributed by atoms with Gasteiger partial charge < -0.3 is 15.4 Å². The topological polar surface area (TPSA) is 50.4 Å². The normalized spacial score (nSPS) is 15.9. The molecule has 4 nitrogen and oxygen atoms in total. The van der Waals surface area contributed by atoms with Crippen LogP contribution in [0.2, 0.25) is 0 Å². The van der Waals surface area contributed by atoms with Crippen LogP contribution in [0, 0.1) is 5.92 Å². The molecule has 1 aliphatic carbocycles. The van der Waals surface area contributed by atoms with Crippen molar-refractivity contribution in [2.75, 3.05) is 20.7 Å². The number of ether oxygens (including phenoxy) is 1. The van der Waals surface area contributed by atoms with Gasteiger partial charge in [-0.2, -0.15) is 0 Å². The number of carbonyl (C=O) groups excluding carboxylic acids is 1. The average molecular weight is 262 g/mol. The third-order valence-electron chi connectivity index (χ3n) is 3.46. The van der Waals surface area contributed by atoms with E-state index in [0.717, 1.165) is 12.2 Å². The van der Waals surface area contributed by atoms with Crippen molar-refractivity contribution in [1.82, 2.24) is 10.6 Å². The van der Waals surface area contributed by atoms with Gasteiger partial charge in [-0.25, -0.2) is 0 Å². The first-order valence-electron chi connectivity index (χ1n) is 6.80. The van der Waals surface area contributed by atoms with Gasteiger partial charge in [-0.1, -0.05) is 12.1 Å². The summed E-state index contributed by atoms with van der Waals surface area (Å²) in [6.07, 6.45) is 3.31. The molecule has 1 amide bonds. The number of amides is 1. The van der Waals surface area contributed by atoms with Crippen LogP contribution in [0.25, 0.3) is 0 Å². The van der Waals surface area contributed by atoms with Crippen LogP contribution in [0.4, 0.5) is 0 Å². The van der Waals surface area contributed by atoms with Crippen LogP contribution in [0.1, 0.15) is 18.4 Å². The summed E-state index contributed by atoms with van der Waals surface area (Å²) in [6, 6.07) is 8.30. The molecule has 1 atom stereocenters. The summed E-state index contributed by atoms with van der Waals surface area (Å²) in [4.78, 5) is 11.7. The number of methoxy groups -OCH3 is 1. The number of hydrogen-bond acceptors (Lipinski definition) is 3. The Morgan fingerprint density at radius 3 is 2.89 bits per heavy atom. The van der Waals surface area contributed by atoms with Crippen molar-refractivity contribution < 1.29 is 9.53 Å². The lowest BCUT2D eigenvalue weighted by molar-refractivity contribution is -0.121. The Morgan fingerprint density at radius 1 is 1.47 bits per heavy atom. The Morgan fingerprint density at radius 2 is 2.26 bits per heavy atom. The highest BCUT2D eigenvalue weighted by molar-refractivity contribution is 5.78. The van der Waals surface area contributed by atoms with E-state index >= 15 is 0 Å². The summed E-state index contributed by atoms with van der Waals surface area (Å²) in [6.45, 7) is 0.376. The van der Waals surface area contributed by atoms with Gasteiger partial charge in [0.2, 0.25) is 5.91 Å². The van der Waals surface area contributed by atoms with Crippen molar-refractivity contribution >= 4 is 5.91 Å². The van der Waals surface area contributed by atoms with Crippen LogP contribution in [0.5, 0.6) is 5.75 Å². The van der Waals surface area contributed by atoms with Crippen LogP contribution < -0.4 is 15.4 Å². The number of hydrogen-bond donors (Lipinski definition) is 2. The lowest BCUT2D eigenvalue weighted by Gasteiger charge is -2.18. The first-order valence-corrected chi connectivity index (χ1v) is 6.80. The van der Waals surface area contributed by atoms with E-state index in [-0.39, 0.29) is 11.9 Å². The molecule has 0 bridgehead atoms. The first kappa shape index (κ1) is 13.9. The summed E-state index contributed by atoms with van der Waals surface area (Å²) in [7, 11) is 3.46. The zero-order valence-corrected chi connectivity index (χ0v) is 11.6. The molecule has 1 aromatic rings. The SMILES string of the molecule is CNCC(=O)N[C@H](Cc1cccc(OC)c1)C1CC1. The predicted octanol–water partition coefficient (Wildman–Crippen LogP) is 1.35. The van der Waals surface area contributed by atoms with Crippen molar-refractivity contribution in [2.45, 2.75) is 25.3 Å². The Hall–Kier alpha value is -1.55. The van der Waals surface area contributed by atoms with Crippen molar-refractivity contribution in [2.24, 2.45) is 5.92 Å². The van der Waals surface area contributed by atoms with E-state index in [2.05, 4.69) is 16.7 Å². The molecule has 1 aromatic carbocycles. The lowest BCUT2D eigenvalue weighted by atomic mass is 10.0. The Kier molecular flexibility index (Phi) is 4.80. The molecule has 0 saturated heterocycles. The zero-order chi connectivity index (χ0) is 13.7. The van der Waals surface area contributed by atoms with E-state index in [0.29, 0.717) is 12.5 Å². The van der Waals surface area contributed by atoms with Gasteiger partial charge in [-0.15, -0.1) is 0 Å². The van der Waals surface area contributed by atoms with Crippen LogP contribution in [-0.2, 0) is 11.2 Å². The van der Waals surface area contributed by atoms with Gasteiger partial charge in [0.15, 0.2) is 0 Å². The van der Waals surface area contributed by atoms with Gasteiger partial charge in [0.25, 0.3) is 0 Å². The fourth-order valence-corrected chi connectivity index (χ4v) is 2.31. The van der Waals surface area contributed by atoms with Gasteiger partial charge in [-0.3, -0.25) is 4.79 Å². The fourth-order valence-electron chi connectivity index (χ4n) is 2.31. The molecule has 1 aliphatic rings. The molecule has 0 aromatic heterocycles. The van der Waals surface area contributed by atoms with Crippen LogP contribution in [0.3, 0.4) is 0 Å². The molecule has 2 N–H and O–H groups in total. The summed E-state index contributed by atoms with van der Waals surface area (Å²) < 4.78 is 5.23. The number of likely N-dealkylation sites (N-methyl/N-ethyl adjacent to an activating group) is 1. The first-order chi connectivity index (χ1) is 9.22. The minimum Gasteiger partial charge on any atom is -0.497 e. The second-order valence-corrected chi connectivity index (χ2v) is 5.10. The molecule has 0 heterocycles. The maximum Gasteiger partial charge on any atom is 0.234 e. The van der Waals surface area contributed by atoms with Crippen molar-refractivity contribution in [3.8, 4) is 5.75 Å². The van der Waals surface area contributed by atoms with E-state index in [4.69, 9.17) is 4.74 Å². The minimum absolute atomic E-state index is 0.0716. The summed E-state index contributed by atoms with van der Waals surface area (Å²) >= 11 is 0. The van der Waals surface area contributed by atoms with Gasteiger partial charge >= 0.3 is 0 Å². The quantitative estimate of drug-likeness (QED) is 0.780. The maximum atomic E-state index is 11.7. The second kappa shape index (κ2) is 6.57. The lowest BCUT2D eigenvalue weighted by Crippen LogP contribution is -2.42. The number of benzene rings is 1. The van der Waals surface area contributed by atoms with Gasteiger partial charge in [-0.05, 0) is 49.9 Å². The maximum absolute atomic E-state index is 11.7. The molecule has 0 unspecified atom stereocenters. The van der Waals surface area contributed by atoms with Gasteiger partial charge in [0, 0.05) is 6.04 Å². The fraction of sp³-hybridized carbons (Fsp3) is 0.533. The van der Waals surface area contributed by atoms with Crippen molar-refractivity contribution in [1.29, 1.82) is 0 Å². The standard InChI is InChI=1S/C15H22N2O2/c1-16-10-15(18)17-14(12-6-7-12)9-11-4-3-5-13(8-11)19-2/h3-5,8,12,14,16H,6-7,9-10H2,1-2H3,(H,17,18)/t14-/m1/s1. The molecule has 104 valence electrons. The summed E-state index contributed by atoms with van der Waals surface area (Å²) in [5, 5.41) is 6.01. The largest absolute Gasteiger partial charge is 0.497 e. The Labute approximate surface area is 114 Å². The third kappa shape index (κ3) is 4.24. The van der Waals surface area contributed by atoms with Gasteiger partial charge in [0.05, 0.1) is 13.7 Å². The van der Waals surface area contributed by atoms with E-state index < -0.39 is 0 Å². The zero-order valence-electron chi connectivity index (χ0n) is 11.6. The molecule has 1 saturated carbocycles. The molecular formula is C15H22N2O2. The number of nitrogens with one attached hydrogen (secondary N) is 2. The van der Waals surface area contributed by atoms with Crippen LogP contribution in [0.15, 0.2) is 24.3 Å². The van der Waals surface area contributed by atoms with E-state index in [1.165, 1.54) is 18.4 Å². The Bertz CT molecular complexity index is 430. The van der Waals surface area contributed by atoms with Crippen molar-refractivity contribution in [3.05, 3.63) is 29.8 Å². The molecule has 0 spiro atoms. The highest BCUT2D eigenvalue weighted by Crippen LogP contribution is 2.34. The highest BCUT2D eigenvalue weighted by atomic mass is 16.5. The van der Waals surface area contributed by atoms with Crippen LogP contribution in [-0.4, -0.2) is 32.7 Å². The monoisotopic (exact) mass is 262 g/mol. The average Bonchev–Trinajstić information content (AvgIpc) is 3.23. The molecule has 4 heteroatoms. The summed E-state index contributed by atoms with van der Waals surface area (Å²) in [5.74, 6) is 1.57. The molecule has 2 rings (SSSR count). The van der Waals surface area contributed by atoms with Gasteiger partial charge in [0.1, 0.15) is 5.75 Å². The van der Waals surface area contributed by atoms with E-state index in [9.17, 15) is 4.79 Å². The molecular weight excluding hydrogens is 240 g/mol. The minimum atomic E-state index is 0.0716. The Balaban J connectivity index is 1.97. The van der Waals surface area contributed by atoms with E-state index in [1.807, 2.05) is 18.2 Å². The molecule has 1 fully saturated rings. The smallest absolute Gasteiger partial charge is 0.234 e. The predicted molar refractivity (Wildman–Crippen MR) is 75.3 cm³/mol. The van der Waals surface area contributed by atoms with Crippen LogP contribution >= 0.6 is 0 Å². The molecule has 0 aliphatic heterocycles. The second-order valence-electron chi connectivity index (χ2n) is 5.10.